The van der Waals surface area contributed by atoms with Gasteiger partial charge in [0.15, 0.2) is 0 Å². The third-order valence-electron chi connectivity index (χ3n) is 5.82. The normalized spacial score (nSPS) is 27.3. The summed E-state index contributed by atoms with van der Waals surface area (Å²) in [5.41, 5.74) is 5.52. The molecule has 2 fully saturated rings. The first kappa shape index (κ1) is 16.3. The van der Waals surface area contributed by atoms with Crippen LogP contribution < -0.4 is 11.1 Å². The van der Waals surface area contributed by atoms with E-state index < -0.39 is 0 Å². The maximum absolute atomic E-state index is 12.7. The Morgan fingerprint density at radius 2 is 1.86 bits per heavy atom. The molecule has 1 heterocycles. The Balaban J connectivity index is 1.96. The molecule has 0 spiro atoms. The first-order chi connectivity index (χ1) is 9.73. The van der Waals surface area contributed by atoms with Crippen molar-refractivity contribution in [3.05, 3.63) is 0 Å². The Kier molecular flexibility index (Phi) is 4.34. The van der Waals surface area contributed by atoms with Gasteiger partial charge >= 0.3 is 0 Å². The number of nitrogens with two attached hydrogens (primary N) is 1. The second-order valence-electron chi connectivity index (χ2n) is 7.58. The Morgan fingerprint density at radius 3 is 2.38 bits per heavy atom. The van der Waals surface area contributed by atoms with Crippen LogP contribution in [-0.4, -0.2) is 42.9 Å². The molecule has 21 heavy (non-hydrogen) atoms. The fourth-order valence-corrected chi connectivity index (χ4v) is 3.73. The molecule has 1 aliphatic carbocycles. The summed E-state index contributed by atoms with van der Waals surface area (Å²) in [6.07, 6.45) is 1.76. The van der Waals surface area contributed by atoms with Gasteiger partial charge in [-0.1, -0.05) is 27.7 Å². The highest BCUT2D eigenvalue weighted by Gasteiger charge is 2.68. The van der Waals surface area contributed by atoms with Gasteiger partial charge in [0.05, 0.1) is 5.92 Å². The van der Waals surface area contributed by atoms with E-state index >= 15 is 0 Å². The number of likely N-dealkylation sites (tertiary alicyclic amines) is 1. The number of carbonyl (C=O) groups excluding carboxylic acids is 2. The standard InChI is InChI=1S/C16H29N3O2/c1-15(2)12(16(15,3)4)14(21)19-9-5-6-11(10-19)13(20)18-8-7-17/h11-12H,5-10,17H2,1-4H3,(H,18,20). The molecule has 1 unspecified atom stereocenters. The summed E-state index contributed by atoms with van der Waals surface area (Å²) < 4.78 is 0. The summed E-state index contributed by atoms with van der Waals surface area (Å²) in [4.78, 5) is 26.7. The van der Waals surface area contributed by atoms with Gasteiger partial charge in [-0.2, -0.15) is 0 Å². The van der Waals surface area contributed by atoms with E-state index in [1.54, 1.807) is 0 Å². The number of rotatable bonds is 4. The van der Waals surface area contributed by atoms with Crippen LogP contribution in [0.25, 0.3) is 0 Å². The topological polar surface area (TPSA) is 75.4 Å². The summed E-state index contributed by atoms with van der Waals surface area (Å²) in [6, 6.07) is 0. The van der Waals surface area contributed by atoms with E-state index in [0.717, 1.165) is 19.4 Å². The van der Waals surface area contributed by atoms with Crippen LogP contribution in [0.4, 0.5) is 0 Å². The predicted molar refractivity (Wildman–Crippen MR) is 82.4 cm³/mol. The minimum absolute atomic E-state index is 0.0345. The van der Waals surface area contributed by atoms with Crippen LogP contribution >= 0.6 is 0 Å². The summed E-state index contributed by atoms with van der Waals surface area (Å²) >= 11 is 0. The van der Waals surface area contributed by atoms with Gasteiger partial charge in [0.2, 0.25) is 11.8 Å². The van der Waals surface area contributed by atoms with Crippen molar-refractivity contribution in [1.29, 1.82) is 0 Å². The van der Waals surface area contributed by atoms with Crippen molar-refractivity contribution in [2.45, 2.75) is 40.5 Å². The summed E-state index contributed by atoms with van der Waals surface area (Å²) in [6.45, 7) is 10.9. The third kappa shape index (κ3) is 2.80. The highest BCUT2D eigenvalue weighted by molar-refractivity contribution is 5.85. The highest BCUT2D eigenvalue weighted by Crippen LogP contribution is 2.68. The Bertz CT molecular complexity index is 417. The number of piperidine rings is 1. The third-order valence-corrected chi connectivity index (χ3v) is 5.82. The highest BCUT2D eigenvalue weighted by atomic mass is 16.2. The van der Waals surface area contributed by atoms with E-state index in [1.807, 2.05) is 4.90 Å². The predicted octanol–water partition coefficient (Wildman–Crippen LogP) is 0.982. The molecule has 1 saturated heterocycles. The first-order valence-electron chi connectivity index (χ1n) is 8.00. The largest absolute Gasteiger partial charge is 0.355 e. The SMILES string of the molecule is CC1(C)C(C(=O)N2CCCC(C(=O)NCCN)C2)C1(C)C. The Hall–Kier alpha value is -1.10. The van der Waals surface area contributed by atoms with Crippen molar-refractivity contribution in [3.8, 4) is 0 Å². The zero-order chi connectivity index (χ0) is 15.8. The number of nitrogens with zero attached hydrogens (tertiary/aromatic N) is 1. The Morgan fingerprint density at radius 1 is 1.24 bits per heavy atom. The molecule has 120 valence electrons. The number of amides is 2. The van der Waals surface area contributed by atoms with Gasteiger partial charge in [-0.3, -0.25) is 9.59 Å². The number of hydrogen-bond donors (Lipinski definition) is 2. The zero-order valence-electron chi connectivity index (χ0n) is 13.7. The van der Waals surface area contributed by atoms with Crippen molar-refractivity contribution in [3.63, 3.8) is 0 Å². The van der Waals surface area contributed by atoms with Crippen LogP contribution in [0.15, 0.2) is 0 Å². The minimum atomic E-state index is -0.0841. The van der Waals surface area contributed by atoms with E-state index in [9.17, 15) is 9.59 Å². The first-order valence-corrected chi connectivity index (χ1v) is 8.00. The smallest absolute Gasteiger partial charge is 0.226 e. The summed E-state index contributed by atoms with van der Waals surface area (Å²) in [5, 5.41) is 2.84. The average Bonchev–Trinajstić information content (AvgIpc) is 2.85. The fourth-order valence-electron chi connectivity index (χ4n) is 3.73. The van der Waals surface area contributed by atoms with Crippen molar-refractivity contribution in [2.75, 3.05) is 26.2 Å². The molecular formula is C16H29N3O2. The zero-order valence-corrected chi connectivity index (χ0v) is 13.7. The molecule has 0 bridgehead atoms. The van der Waals surface area contributed by atoms with Gasteiger partial charge in [-0.05, 0) is 23.7 Å². The number of nitrogens with one attached hydrogen (secondary N) is 1. The molecule has 2 rings (SSSR count). The monoisotopic (exact) mass is 295 g/mol. The molecule has 5 nitrogen and oxygen atoms in total. The molecule has 0 aromatic rings. The lowest BCUT2D eigenvalue weighted by atomic mass is 9.96. The number of carbonyl (C=O) groups is 2. The molecule has 2 amide bonds. The van der Waals surface area contributed by atoms with Crippen molar-refractivity contribution < 1.29 is 9.59 Å². The molecule has 1 atom stereocenters. The lowest BCUT2D eigenvalue weighted by Gasteiger charge is -2.32. The van der Waals surface area contributed by atoms with Gasteiger partial charge in [0, 0.05) is 32.1 Å². The lowest BCUT2D eigenvalue weighted by Crippen LogP contribution is -2.47. The van der Waals surface area contributed by atoms with Gasteiger partial charge in [-0.15, -0.1) is 0 Å². The van der Waals surface area contributed by atoms with Crippen LogP contribution in [0.3, 0.4) is 0 Å². The van der Waals surface area contributed by atoms with E-state index in [1.165, 1.54) is 0 Å². The lowest BCUT2D eigenvalue weighted by molar-refractivity contribution is -0.137. The van der Waals surface area contributed by atoms with Crippen LogP contribution in [0.5, 0.6) is 0 Å². The van der Waals surface area contributed by atoms with E-state index in [0.29, 0.717) is 19.6 Å². The van der Waals surface area contributed by atoms with Crippen LogP contribution in [0.1, 0.15) is 40.5 Å². The van der Waals surface area contributed by atoms with Crippen molar-refractivity contribution in [2.24, 2.45) is 28.4 Å². The fraction of sp³-hybridized carbons (Fsp3) is 0.875. The van der Waals surface area contributed by atoms with E-state index in [2.05, 4.69) is 33.0 Å². The van der Waals surface area contributed by atoms with E-state index in [-0.39, 0.29) is 34.5 Å². The second-order valence-corrected chi connectivity index (χ2v) is 7.58. The summed E-state index contributed by atoms with van der Waals surface area (Å²) in [7, 11) is 0. The maximum atomic E-state index is 12.7. The number of hydrogen-bond acceptors (Lipinski definition) is 3. The van der Waals surface area contributed by atoms with Gasteiger partial charge in [0.25, 0.3) is 0 Å². The Labute approximate surface area is 127 Å². The van der Waals surface area contributed by atoms with Gasteiger partial charge in [0.1, 0.15) is 0 Å². The molecule has 1 aliphatic heterocycles. The molecule has 2 aliphatic rings. The van der Waals surface area contributed by atoms with Crippen LogP contribution in [0.2, 0.25) is 0 Å². The molecule has 0 aromatic carbocycles. The molecule has 5 heteroatoms. The van der Waals surface area contributed by atoms with Crippen LogP contribution in [-0.2, 0) is 9.59 Å². The molecular weight excluding hydrogens is 266 g/mol. The maximum Gasteiger partial charge on any atom is 0.226 e. The average molecular weight is 295 g/mol. The van der Waals surface area contributed by atoms with Gasteiger partial charge in [-0.25, -0.2) is 0 Å². The van der Waals surface area contributed by atoms with E-state index in [4.69, 9.17) is 5.73 Å². The van der Waals surface area contributed by atoms with Crippen molar-refractivity contribution in [1.82, 2.24) is 10.2 Å². The van der Waals surface area contributed by atoms with Crippen molar-refractivity contribution >= 4 is 11.8 Å². The quantitative estimate of drug-likeness (QED) is 0.812. The summed E-state index contributed by atoms with van der Waals surface area (Å²) in [5.74, 6) is 0.253. The van der Waals surface area contributed by atoms with Crippen LogP contribution in [0, 0.1) is 22.7 Å². The molecule has 0 aromatic heterocycles. The minimum Gasteiger partial charge on any atom is -0.355 e. The molecule has 0 radical (unpaired) electrons. The van der Waals surface area contributed by atoms with Gasteiger partial charge < -0.3 is 16.0 Å². The molecule has 3 N–H and O–H groups in total. The molecule has 1 saturated carbocycles. The second kappa shape index (κ2) is 5.59.